The smallest absolute Gasteiger partial charge is 0.235 e. The minimum absolute atomic E-state index is 0.00969. The van der Waals surface area contributed by atoms with Crippen LogP contribution in [-0.4, -0.2) is 42.3 Å². The van der Waals surface area contributed by atoms with Gasteiger partial charge in [-0.15, -0.1) is 11.8 Å². The van der Waals surface area contributed by atoms with Crippen molar-refractivity contribution in [2.24, 2.45) is 5.73 Å². The van der Waals surface area contributed by atoms with Crippen LogP contribution in [0.4, 0.5) is 0 Å². The van der Waals surface area contributed by atoms with Crippen LogP contribution in [0.5, 0.6) is 5.75 Å². The zero-order chi connectivity index (χ0) is 17.8. The number of thioether (sulfide) groups is 1. The molecule has 2 aromatic carbocycles. The standard InChI is InChI=1S/C20H24N2O2S/c1-14(25-17-10-8-16(24-2)9-11-17)20(23)22-12-18(19(21)13-22)15-6-4-3-5-7-15/h3-11,14,18-19H,12-13,21H2,1-2H3/t14?,18-,19+/m0/s1. The molecule has 1 aliphatic heterocycles. The third-order valence-corrected chi connectivity index (χ3v) is 5.72. The normalized spacial score (nSPS) is 21.2. The predicted molar refractivity (Wildman–Crippen MR) is 102 cm³/mol. The van der Waals surface area contributed by atoms with E-state index in [1.54, 1.807) is 18.9 Å². The first kappa shape index (κ1) is 17.8. The number of amides is 1. The molecule has 0 radical (unpaired) electrons. The highest BCUT2D eigenvalue weighted by Crippen LogP contribution is 2.30. The fraction of sp³-hybridized carbons (Fsp3) is 0.350. The van der Waals surface area contributed by atoms with Gasteiger partial charge in [0.1, 0.15) is 5.75 Å². The van der Waals surface area contributed by atoms with Gasteiger partial charge in [0, 0.05) is 29.9 Å². The van der Waals surface area contributed by atoms with Gasteiger partial charge in [-0.3, -0.25) is 4.79 Å². The van der Waals surface area contributed by atoms with Crippen LogP contribution in [0, 0.1) is 0 Å². The largest absolute Gasteiger partial charge is 0.497 e. The van der Waals surface area contributed by atoms with E-state index in [1.165, 1.54) is 5.56 Å². The Morgan fingerprint density at radius 3 is 2.48 bits per heavy atom. The highest BCUT2D eigenvalue weighted by molar-refractivity contribution is 8.00. The first-order valence-corrected chi connectivity index (χ1v) is 9.36. The van der Waals surface area contributed by atoms with Gasteiger partial charge < -0.3 is 15.4 Å². The zero-order valence-electron chi connectivity index (χ0n) is 14.6. The topological polar surface area (TPSA) is 55.6 Å². The lowest BCUT2D eigenvalue weighted by Gasteiger charge is -2.20. The monoisotopic (exact) mass is 356 g/mol. The molecule has 0 saturated carbocycles. The van der Waals surface area contributed by atoms with Gasteiger partial charge in [-0.2, -0.15) is 0 Å². The highest BCUT2D eigenvalue weighted by Gasteiger charge is 2.35. The highest BCUT2D eigenvalue weighted by atomic mass is 32.2. The first-order valence-electron chi connectivity index (χ1n) is 8.48. The molecule has 4 nitrogen and oxygen atoms in total. The van der Waals surface area contributed by atoms with Crippen LogP contribution in [0.3, 0.4) is 0 Å². The number of nitrogens with zero attached hydrogens (tertiary/aromatic N) is 1. The number of hydrogen-bond acceptors (Lipinski definition) is 4. The zero-order valence-corrected chi connectivity index (χ0v) is 15.4. The summed E-state index contributed by atoms with van der Waals surface area (Å²) in [6.07, 6.45) is 0. The molecule has 1 saturated heterocycles. The fourth-order valence-electron chi connectivity index (χ4n) is 3.23. The maximum atomic E-state index is 12.8. The minimum atomic E-state index is -0.143. The number of benzene rings is 2. The number of carbonyl (C=O) groups excluding carboxylic acids is 1. The Morgan fingerprint density at radius 1 is 1.16 bits per heavy atom. The summed E-state index contributed by atoms with van der Waals surface area (Å²) in [6.45, 7) is 3.27. The second-order valence-electron chi connectivity index (χ2n) is 6.36. The Hall–Kier alpha value is -1.98. The Bertz CT molecular complexity index is 705. The van der Waals surface area contributed by atoms with Gasteiger partial charge >= 0.3 is 0 Å². The Kier molecular flexibility index (Phi) is 5.66. The van der Waals surface area contributed by atoms with E-state index >= 15 is 0 Å². The van der Waals surface area contributed by atoms with E-state index in [9.17, 15) is 4.79 Å². The summed E-state index contributed by atoms with van der Waals surface area (Å²) >= 11 is 1.57. The van der Waals surface area contributed by atoms with E-state index in [-0.39, 0.29) is 23.1 Å². The Morgan fingerprint density at radius 2 is 1.84 bits per heavy atom. The molecule has 1 heterocycles. The van der Waals surface area contributed by atoms with Crippen molar-refractivity contribution < 1.29 is 9.53 Å². The third kappa shape index (κ3) is 4.17. The van der Waals surface area contributed by atoms with Gasteiger partial charge in [0.2, 0.25) is 5.91 Å². The number of ether oxygens (including phenoxy) is 1. The van der Waals surface area contributed by atoms with E-state index in [2.05, 4.69) is 12.1 Å². The van der Waals surface area contributed by atoms with Crippen molar-refractivity contribution in [3.05, 3.63) is 60.2 Å². The summed E-state index contributed by atoms with van der Waals surface area (Å²) in [7, 11) is 1.65. The molecular formula is C20H24N2O2S. The molecule has 0 spiro atoms. The number of likely N-dealkylation sites (tertiary alicyclic amines) is 1. The number of rotatable bonds is 5. The van der Waals surface area contributed by atoms with Crippen LogP contribution < -0.4 is 10.5 Å². The molecule has 2 N–H and O–H groups in total. The summed E-state index contributed by atoms with van der Waals surface area (Å²) in [4.78, 5) is 15.8. The minimum Gasteiger partial charge on any atom is -0.497 e. The summed E-state index contributed by atoms with van der Waals surface area (Å²) in [6, 6.07) is 18.0. The molecule has 1 fully saturated rings. The number of carbonyl (C=O) groups is 1. The maximum absolute atomic E-state index is 12.8. The molecule has 0 bridgehead atoms. The van der Waals surface area contributed by atoms with Crippen molar-refractivity contribution in [2.45, 2.75) is 29.0 Å². The summed E-state index contributed by atoms with van der Waals surface area (Å²) < 4.78 is 5.17. The number of methoxy groups -OCH3 is 1. The molecule has 132 valence electrons. The molecule has 1 amide bonds. The lowest BCUT2D eigenvalue weighted by molar-refractivity contribution is -0.129. The number of nitrogens with two attached hydrogens (primary N) is 1. The predicted octanol–water partition coefficient (Wildman–Crippen LogP) is 3.13. The average Bonchev–Trinajstić information content (AvgIpc) is 3.04. The van der Waals surface area contributed by atoms with Crippen molar-refractivity contribution in [1.82, 2.24) is 4.90 Å². The van der Waals surface area contributed by atoms with E-state index in [0.29, 0.717) is 13.1 Å². The molecule has 5 heteroatoms. The molecule has 3 rings (SSSR count). The van der Waals surface area contributed by atoms with Crippen molar-refractivity contribution in [3.63, 3.8) is 0 Å². The fourth-order valence-corrected chi connectivity index (χ4v) is 4.18. The van der Waals surface area contributed by atoms with Crippen LogP contribution in [0.25, 0.3) is 0 Å². The molecule has 1 aliphatic rings. The molecule has 1 unspecified atom stereocenters. The van der Waals surface area contributed by atoms with Gasteiger partial charge in [-0.1, -0.05) is 30.3 Å². The number of hydrogen-bond donors (Lipinski definition) is 1. The van der Waals surface area contributed by atoms with Gasteiger partial charge in [0.15, 0.2) is 0 Å². The maximum Gasteiger partial charge on any atom is 0.235 e. The van der Waals surface area contributed by atoms with Crippen LogP contribution in [0.1, 0.15) is 18.4 Å². The van der Waals surface area contributed by atoms with Crippen LogP contribution >= 0.6 is 11.8 Å². The molecule has 2 aromatic rings. The van der Waals surface area contributed by atoms with Crippen LogP contribution in [-0.2, 0) is 4.79 Å². The first-order chi connectivity index (χ1) is 12.1. The molecule has 25 heavy (non-hydrogen) atoms. The van der Waals surface area contributed by atoms with Crippen molar-refractivity contribution in [3.8, 4) is 5.75 Å². The lowest BCUT2D eigenvalue weighted by atomic mass is 9.95. The molecule has 0 aliphatic carbocycles. The Balaban J connectivity index is 1.62. The quantitative estimate of drug-likeness (QED) is 0.836. The van der Waals surface area contributed by atoms with E-state index in [1.807, 2.05) is 54.3 Å². The van der Waals surface area contributed by atoms with Crippen LogP contribution in [0.15, 0.2) is 59.5 Å². The van der Waals surface area contributed by atoms with Gasteiger partial charge in [0.05, 0.1) is 12.4 Å². The second-order valence-corrected chi connectivity index (χ2v) is 7.77. The summed E-state index contributed by atoms with van der Waals surface area (Å²) in [5.41, 5.74) is 7.52. The van der Waals surface area contributed by atoms with E-state index in [0.717, 1.165) is 10.6 Å². The van der Waals surface area contributed by atoms with Crippen molar-refractivity contribution in [2.75, 3.05) is 20.2 Å². The third-order valence-electron chi connectivity index (χ3n) is 4.62. The van der Waals surface area contributed by atoms with E-state index < -0.39 is 0 Å². The Labute approximate surface area is 153 Å². The molecule has 0 aromatic heterocycles. The summed E-state index contributed by atoms with van der Waals surface area (Å²) in [5.74, 6) is 1.18. The van der Waals surface area contributed by atoms with Gasteiger partial charge in [0.25, 0.3) is 0 Å². The van der Waals surface area contributed by atoms with Gasteiger partial charge in [-0.05, 0) is 36.8 Å². The lowest BCUT2D eigenvalue weighted by Crippen LogP contribution is -2.36. The van der Waals surface area contributed by atoms with E-state index in [4.69, 9.17) is 10.5 Å². The van der Waals surface area contributed by atoms with Crippen molar-refractivity contribution >= 4 is 17.7 Å². The second kappa shape index (κ2) is 7.93. The summed E-state index contributed by atoms with van der Waals surface area (Å²) in [5, 5.41) is -0.143. The SMILES string of the molecule is COc1ccc(SC(C)C(=O)N2C[C@@H](N)[C@H](c3ccccc3)C2)cc1. The molecule has 3 atom stereocenters. The van der Waals surface area contributed by atoms with Gasteiger partial charge in [-0.25, -0.2) is 0 Å². The van der Waals surface area contributed by atoms with Crippen LogP contribution in [0.2, 0.25) is 0 Å². The molecular weight excluding hydrogens is 332 g/mol. The average molecular weight is 356 g/mol. The van der Waals surface area contributed by atoms with Crippen molar-refractivity contribution in [1.29, 1.82) is 0 Å².